The van der Waals surface area contributed by atoms with Crippen LogP contribution in [0, 0.1) is 0 Å². The Bertz CT molecular complexity index is 941. The van der Waals surface area contributed by atoms with Crippen LogP contribution in [0.2, 0.25) is 0 Å². The van der Waals surface area contributed by atoms with Crippen molar-refractivity contribution in [2.75, 3.05) is 23.8 Å². The topological polar surface area (TPSA) is 75.4 Å². The van der Waals surface area contributed by atoms with E-state index in [1.807, 2.05) is 23.1 Å². The number of carbonyl (C=O) groups excluding carboxylic acids is 1. The normalized spacial score (nSPS) is 15.4. The van der Waals surface area contributed by atoms with Gasteiger partial charge >= 0.3 is 5.69 Å². The van der Waals surface area contributed by atoms with Crippen molar-refractivity contribution in [2.24, 2.45) is 0 Å². The minimum absolute atomic E-state index is 0.0591. The van der Waals surface area contributed by atoms with Gasteiger partial charge < -0.3 is 10.0 Å². The van der Waals surface area contributed by atoms with Gasteiger partial charge in [-0.25, -0.2) is 4.79 Å². The lowest BCUT2D eigenvalue weighted by Crippen LogP contribution is -2.36. The SMILES string of the molecule is O=C(CSc1nc(=O)n(CCCO)c2c1CCC2)N1CCCc2ccccc21. The summed E-state index contributed by atoms with van der Waals surface area (Å²) >= 11 is 1.38. The van der Waals surface area contributed by atoms with Gasteiger partial charge in [-0.3, -0.25) is 9.36 Å². The first-order chi connectivity index (χ1) is 13.7. The number of thioether (sulfide) groups is 1. The zero-order valence-corrected chi connectivity index (χ0v) is 16.7. The first-order valence-electron chi connectivity index (χ1n) is 9.93. The molecule has 1 aliphatic carbocycles. The fourth-order valence-corrected chi connectivity index (χ4v) is 5.12. The number of amides is 1. The van der Waals surface area contributed by atoms with Crippen molar-refractivity contribution in [2.45, 2.75) is 50.1 Å². The van der Waals surface area contributed by atoms with Crippen molar-refractivity contribution < 1.29 is 9.90 Å². The predicted octanol–water partition coefficient (Wildman–Crippen LogP) is 2.19. The zero-order chi connectivity index (χ0) is 19.5. The van der Waals surface area contributed by atoms with Crippen molar-refractivity contribution in [3.8, 4) is 0 Å². The Morgan fingerprint density at radius 3 is 2.89 bits per heavy atom. The van der Waals surface area contributed by atoms with Crippen molar-refractivity contribution in [1.29, 1.82) is 0 Å². The average molecular weight is 400 g/mol. The summed E-state index contributed by atoms with van der Waals surface area (Å²) in [5, 5.41) is 9.78. The number of fused-ring (bicyclic) bond motifs is 2. The van der Waals surface area contributed by atoms with E-state index in [0.29, 0.717) is 18.0 Å². The molecule has 1 aromatic carbocycles. The van der Waals surface area contributed by atoms with Crippen molar-refractivity contribution in [1.82, 2.24) is 9.55 Å². The zero-order valence-electron chi connectivity index (χ0n) is 15.9. The molecule has 0 bridgehead atoms. The average Bonchev–Trinajstić information content (AvgIpc) is 3.21. The number of rotatable bonds is 6. The van der Waals surface area contributed by atoms with E-state index in [1.165, 1.54) is 17.3 Å². The van der Waals surface area contributed by atoms with E-state index in [4.69, 9.17) is 5.11 Å². The number of hydrogen-bond acceptors (Lipinski definition) is 5. The molecule has 6 nitrogen and oxygen atoms in total. The Morgan fingerprint density at radius 1 is 1.18 bits per heavy atom. The molecular formula is C21H25N3O3S. The van der Waals surface area contributed by atoms with Gasteiger partial charge in [0.05, 0.1) is 5.75 Å². The largest absolute Gasteiger partial charge is 0.396 e. The smallest absolute Gasteiger partial charge is 0.348 e. The highest BCUT2D eigenvalue weighted by molar-refractivity contribution is 8.00. The number of anilines is 1. The van der Waals surface area contributed by atoms with Crippen LogP contribution >= 0.6 is 11.8 Å². The van der Waals surface area contributed by atoms with E-state index in [1.54, 1.807) is 4.57 Å². The van der Waals surface area contributed by atoms with Gasteiger partial charge in [-0.1, -0.05) is 30.0 Å². The predicted molar refractivity (Wildman–Crippen MR) is 110 cm³/mol. The van der Waals surface area contributed by atoms with Gasteiger partial charge in [0.2, 0.25) is 5.91 Å². The number of aryl methyl sites for hydroxylation is 1. The number of nitrogens with zero attached hydrogens (tertiary/aromatic N) is 3. The van der Waals surface area contributed by atoms with Crippen LogP contribution < -0.4 is 10.6 Å². The Kier molecular flexibility index (Phi) is 5.82. The number of aliphatic hydroxyl groups is 1. The molecule has 2 aliphatic rings. The maximum Gasteiger partial charge on any atom is 0.348 e. The van der Waals surface area contributed by atoms with E-state index in [0.717, 1.165) is 55.6 Å². The Labute approximate surface area is 168 Å². The summed E-state index contributed by atoms with van der Waals surface area (Å²) in [6.07, 6.45) is 5.29. The van der Waals surface area contributed by atoms with Crippen LogP contribution in [0.4, 0.5) is 5.69 Å². The molecule has 2 heterocycles. The molecule has 4 rings (SSSR count). The molecular weight excluding hydrogens is 374 g/mol. The molecule has 148 valence electrons. The van der Waals surface area contributed by atoms with Crippen LogP contribution in [-0.4, -0.2) is 39.5 Å². The number of aliphatic hydroxyl groups excluding tert-OH is 1. The molecule has 1 N–H and O–H groups in total. The highest BCUT2D eigenvalue weighted by atomic mass is 32.2. The summed E-state index contributed by atoms with van der Waals surface area (Å²) in [7, 11) is 0. The number of benzene rings is 1. The van der Waals surface area contributed by atoms with Crippen molar-refractivity contribution in [3.63, 3.8) is 0 Å². The van der Waals surface area contributed by atoms with Gasteiger partial charge in [0.1, 0.15) is 5.03 Å². The minimum Gasteiger partial charge on any atom is -0.396 e. The lowest BCUT2D eigenvalue weighted by molar-refractivity contribution is -0.116. The monoisotopic (exact) mass is 399 g/mol. The first-order valence-corrected chi connectivity index (χ1v) is 10.9. The maximum absolute atomic E-state index is 12.9. The van der Waals surface area contributed by atoms with Gasteiger partial charge in [-0.05, 0) is 50.2 Å². The number of para-hydroxylation sites is 1. The maximum atomic E-state index is 12.9. The summed E-state index contributed by atoms with van der Waals surface area (Å²) in [6.45, 7) is 1.30. The second kappa shape index (κ2) is 8.49. The lowest BCUT2D eigenvalue weighted by Gasteiger charge is -2.29. The van der Waals surface area contributed by atoms with E-state index in [2.05, 4.69) is 11.1 Å². The molecule has 28 heavy (non-hydrogen) atoms. The van der Waals surface area contributed by atoms with E-state index < -0.39 is 0 Å². The Balaban J connectivity index is 1.52. The highest BCUT2D eigenvalue weighted by Gasteiger charge is 2.25. The second-order valence-electron chi connectivity index (χ2n) is 7.27. The fraction of sp³-hybridized carbons (Fsp3) is 0.476. The van der Waals surface area contributed by atoms with Gasteiger partial charge in [0, 0.05) is 36.6 Å². The summed E-state index contributed by atoms with van der Waals surface area (Å²) in [5.41, 5.74) is 4.10. The van der Waals surface area contributed by atoms with Gasteiger partial charge in [0.15, 0.2) is 0 Å². The molecule has 0 spiro atoms. The second-order valence-corrected chi connectivity index (χ2v) is 8.24. The van der Waals surface area contributed by atoms with E-state index >= 15 is 0 Å². The molecule has 1 amide bonds. The minimum atomic E-state index is -0.271. The van der Waals surface area contributed by atoms with Crippen LogP contribution in [0.3, 0.4) is 0 Å². The quantitative estimate of drug-likeness (QED) is 0.595. The molecule has 7 heteroatoms. The van der Waals surface area contributed by atoms with Crippen LogP contribution in [0.25, 0.3) is 0 Å². The van der Waals surface area contributed by atoms with Gasteiger partial charge in [-0.15, -0.1) is 0 Å². The molecule has 1 aliphatic heterocycles. The van der Waals surface area contributed by atoms with Crippen molar-refractivity contribution in [3.05, 3.63) is 51.6 Å². The molecule has 0 radical (unpaired) electrons. The molecule has 0 fully saturated rings. The third kappa shape index (κ3) is 3.73. The fourth-order valence-electron chi connectivity index (χ4n) is 4.17. The number of carbonyl (C=O) groups is 1. The van der Waals surface area contributed by atoms with E-state index in [9.17, 15) is 9.59 Å². The summed E-state index contributed by atoms with van der Waals surface area (Å²) in [6, 6.07) is 8.08. The van der Waals surface area contributed by atoms with Crippen LogP contribution in [0.15, 0.2) is 34.1 Å². The van der Waals surface area contributed by atoms with E-state index in [-0.39, 0.29) is 24.0 Å². The molecule has 0 saturated carbocycles. The third-order valence-corrected chi connectivity index (χ3v) is 6.49. The molecule has 0 atom stereocenters. The Hall–Kier alpha value is -2.12. The Morgan fingerprint density at radius 2 is 2.04 bits per heavy atom. The van der Waals surface area contributed by atoms with Crippen LogP contribution in [0.5, 0.6) is 0 Å². The lowest BCUT2D eigenvalue weighted by atomic mass is 10.0. The van der Waals surface area contributed by atoms with Gasteiger partial charge in [0.25, 0.3) is 0 Å². The number of aromatic nitrogens is 2. The van der Waals surface area contributed by atoms with Gasteiger partial charge in [-0.2, -0.15) is 4.98 Å². The molecule has 1 aromatic heterocycles. The summed E-state index contributed by atoms with van der Waals surface area (Å²) in [4.78, 5) is 31.5. The third-order valence-electron chi connectivity index (χ3n) is 5.48. The summed E-state index contributed by atoms with van der Waals surface area (Å²) < 4.78 is 1.70. The standard InChI is InChI=1S/C21H25N3O3S/c25-13-5-12-24-18-10-3-8-16(18)20(22-21(24)27)28-14-19(26)23-11-4-7-15-6-1-2-9-17(15)23/h1-2,6,9,25H,3-5,7-8,10-14H2. The van der Waals surface area contributed by atoms with Crippen LogP contribution in [-0.2, 0) is 30.6 Å². The number of hydrogen-bond donors (Lipinski definition) is 1. The van der Waals surface area contributed by atoms with Crippen LogP contribution in [0.1, 0.15) is 36.1 Å². The highest BCUT2D eigenvalue weighted by Crippen LogP contribution is 2.31. The molecule has 2 aromatic rings. The first kappa shape index (κ1) is 19.2. The molecule has 0 saturated heterocycles. The van der Waals surface area contributed by atoms with Crippen molar-refractivity contribution >= 4 is 23.4 Å². The summed E-state index contributed by atoms with van der Waals surface area (Å²) in [5.74, 6) is 0.351. The molecule has 0 unspecified atom stereocenters.